The van der Waals surface area contributed by atoms with Gasteiger partial charge in [-0.25, -0.2) is 18.6 Å². The van der Waals surface area contributed by atoms with Gasteiger partial charge in [0, 0.05) is 11.6 Å². The lowest BCUT2D eigenvalue weighted by Crippen LogP contribution is -2.02. The molecule has 0 saturated carbocycles. The van der Waals surface area contributed by atoms with Crippen LogP contribution in [0.15, 0.2) is 53.1 Å². The van der Waals surface area contributed by atoms with Crippen LogP contribution in [-0.2, 0) is 4.74 Å². The first-order valence-corrected chi connectivity index (χ1v) is 6.94. The van der Waals surface area contributed by atoms with Crippen molar-refractivity contribution in [1.29, 1.82) is 0 Å². The van der Waals surface area contributed by atoms with Crippen molar-refractivity contribution in [1.82, 2.24) is 4.98 Å². The van der Waals surface area contributed by atoms with E-state index in [0.717, 1.165) is 18.2 Å². The Bertz CT molecular complexity index is 893. The molecular formula is C17H12F2N2O3. The number of anilines is 2. The number of hydrogen-bond donors (Lipinski definition) is 1. The summed E-state index contributed by atoms with van der Waals surface area (Å²) in [6.07, 6.45) is 1.38. The molecule has 7 heteroatoms. The van der Waals surface area contributed by atoms with Gasteiger partial charge in [0.15, 0.2) is 5.76 Å². The molecule has 0 aliphatic carbocycles. The number of carbonyl (C=O) groups excluding carboxylic acids is 1. The number of nitrogens with one attached hydrogen (secondary N) is 1. The van der Waals surface area contributed by atoms with Crippen molar-refractivity contribution in [3.8, 4) is 11.3 Å². The van der Waals surface area contributed by atoms with Gasteiger partial charge in [0.1, 0.15) is 11.6 Å². The molecule has 0 radical (unpaired) electrons. The molecule has 2 aromatic carbocycles. The Kier molecular flexibility index (Phi) is 4.24. The van der Waals surface area contributed by atoms with Gasteiger partial charge in [-0.05, 0) is 18.2 Å². The fourth-order valence-electron chi connectivity index (χ4n) is 2.15. The molecule has 24 heavy (non-hydrogen) atoms. The normalized spacial score (nSPS) is 10.5. The lowest BCUT2D eigenvalue weighted by Gasteiger charge is -2.05. The average molecular weight is 330 g/mol. The van der Waals surface area contributed by atoms with Crippen LogP contribution in [0.2, 0.25) is 0 Å². The number of nitrogens with zero attached hydrogens (tertiary/aromatic N) is 1. The van der Waals surface area contributed by atoms with Crippen LogP contribution in [0, 0.1) is 11.6 Å². The largest absolute Gasteiger partial charge is 0.465 e. The summed E-state index contributed by atoms with van der Waals surface area (Å²) in [6.45, 7) is 0. The van der Waals surface area contributed by atoms with E-state index in [1.165, 1.54) is 13.3 Å². The highest BCUT2D eigenvalue weighted by Gasteiger charge is 2.16. The van der Waals surface area contributed by atoms with Crippen LogP contribution >= 0.6 is 0 Å². The highest BCUT2D eigenvalue weighted by molar-refractivity contribution is 5.96. The molecule has 3 aromatic rings. The number of halogens is 2. The van der Waals surface area contributed by atoms with Crippen LogP contribution in [-0.4, -0.2) is 18.1 Å². The molecule has 0 fully saturated rings. The molecule has 0 atom stereocenters. The Balaban J connectivity index is 1.92. The van der Waals surface area contributed by atoms with E-state index in [1.807, 2.05) is 0 Å². The molecule has 0 saturated heterocycles. The van der Waals surface area contributed by atoms with Crippen LogP contribution in [0.4, 0.5) is 20.5 Å². The summed E-state index contributed by atoms with van der Waals surface area (Å²) in [7, 11) is 1.28. The Morgan fingerprint density at radius 3 is 2.79 bits per heavy atom. The number of hydrogen-bond acceptors (Lipinski definition) is 5. The van der Waals surface area contributed by atoms with Crippen molar-refractivity contribution in [2.75, 3.05) is 12.4 Å². The topological polar surface area (TPSA) is 64.4 Å². The van der Waals surface area contributed by atoms with Gasteiger partial charge in [-0.2, -0.15) is 0 Å². The zero-order valence-corrected chi connectivity index (χ0v) is 12.5. The van der Waals surface area contributed by atoms with E-state index in [0.29, 0.717) is 11.1 Å². The maximum atomic E-state index is 13.6. The van der Waals surface area contributed by atoms with E-state index >= 15 is 0 Å². The first kappa shape index (κ1) is 15.7. The minimum absolute atomic E-state index is 0.0332. The lowest BCUT2D eigenvalue weighted by atomic mass is 10.1. The average Bonchev–Trinajstić information content (AvgIpc) is 3.06. The molecule has 0 amide bonds. The molecule has 1 aromatic heterocycles. The van der Waals surface area contributed by atoms with Crippen molar-refractivity contribution in [3.63, 3.8) is 0 Å². The van der Waals surface area contributed by atoms with Gasteiger partial charge in [-0.3, -0.25) is 0 Å². The Hall–Kier alpha value is -3.22. The fraction of sp³-hybridized carbons (Fsp3) is 0.0588. The molecule has 3 rings (SSSR count). The van der Waals surface area contributed by atoms with E-state index < -0.39 is 17.6 Å². The summed E-state index contributed by atoms with van der Waals surface area (Å²) >= 11 is 0. The standard InChI is InChI=1S/C17H12F2N2O3/c1-23-16(22)12-5-3-2-4-11(12)15-9-20-17(24-15)21-14-8-10(18)6-7-13(14)19/h2-9H,1H3,(H,20,21). The van der Waals surface area contributed by atoms with Gasteiger partial charge in [0.05, 0.1) is 24.6 Å². The number of methoxy groups -OCH3 is 1. The van der Waals surface area contributed by atoms with E-state index in [9.17, 15) is 13.6 Å². The van der Waals surface area contributed by atoms with Crippen LogP contribution < -0.4 is 5.32 Å². The van der Waals surface area contributed by atoms with Crippen LogP contribution in [0.5, 0.6) is 0 Å². The van der Waals surface area contributed by atoms with E-state index in [1.54, 1.807) is 24.3 Å². The summed E-state index contributed by atoms with van der Waals surface area (Å²) in [5.41, 5.74) is 0.675. The van der Waals surface area contributed by atoms with Gasteiger partial charge in [0.2, 0.25) is 0 Å². The summed E-state index contributed by atoms with van der Waals surface area (Å²) < 4.78 is 37.0. The zero-order valence-electron chi connectivity index (χ0n) is 12.5. The first-order valence-electron chi connectivity index (χ1n) is 6.94. The second-order valence-electron chi connectivity index (χ2n) is 4.82. The Morgan fingerprint density at radius 1 is 1.21 bits per heavy atom. The minimum atomic E-state index is -0.647. The first-order chi connectivity index (χ1) is 11.6. The summed E-state index contributed by atoms with van der Waals surface area (Å²) in [6, 6.07) is 9.62. The quantitative estimate of drug-likeness (QED) is 0.728. The molecule has 5 nitrogen and oxygen atoms in total. The van der Waals surface area contributed by atoms with Crippen molar-refractivity contribution in [3.05, 3.63) is 65.9 Å². The Labute approximate surface area is 135 Å². The third-order valence-electron chi connectivity index (χ3n) is 3.27. The number of esters is 1. The van der Waals surface area contributed by atoms with Crippen molar-refractivity contribution >= 4 is 17.7 Å². The summed E-state index contributed by atoms with van der Waals surface area (Å²) in [5, 5.41) is 2.56. The number of aromatic nitrogens is 1. The maximum Gasteiger partial charge on any atom is 0.338 e. The third kappa shape index (κ3) is 3.10. The Morgan fingerprint density at radius 2 is 2.00 bits per heavy atom. The van der Waals surface area contributed by atoms with Gasteiger partial charge in [-0.1, -0.05) is 18.2 Å². The van der Waals surface area contributed by atoms with Crippen molar-refractivity contribution in [2.45, 2.75) is 0 Å². The molecule has 1 N–H and O–H groups in total. The van der Waals surface area contributed by atoms with Gasteiger partial charge < -0.3 is 14.5 Å². The second-order valence-corrected chi connectivity index (χ2v) is 4.82. The predicted octanol–water partition coefficient (Wildman–Crippen LogP) is 4.15. The number of oxazole rings is 1. The number of benzene rings is 2. The molecule has 122 valence electrons. The van der Waals surface area contributed by atoms with Gasteiger partial charge in [0.25, 0.3) is 6.01 Å². The molecule has 0 aliphatic heterocycles. The van der Waals surface area contributed by atoms with Crippen LogP contribution in [0.3, 0.4) is 0 Å². The predicted molar refractivity (Wildman–Crippen MR) is 82.9 cm³/mol. The van der Waals surface area contributed by atoms with Crippen LogP contribution in [0.1, 0.15) is 10.4 Å². The number of carbonyl (C=O) groups is 1. The van der Waals surface area contributed by atoms with Crippen LogP contribution in [0.25, 0.3) is 11.3 Å². The smallest absolute Gasteiger partial charge is 0.338 e. The molecule has 1 heterocycles. The monoisotopic (exact) mass is 330 g/mol. The highest BCUT2D eigenvalue weighted by Crippen LogP contribution is 2.28. The van der Waals surface area contributed by atoms with E-state index in [-0.39, 0.29) is 17.5 Å². The molecule has 0 unspecified atom stereocenters. The SMILES string of the molecule is COC(=O)c1ccccc1-c1cnc(Nc2cc(F)ccc2F)o1. The van der Waals surface area contributed by atoms with Crippen molar-refractivity contribution < 1.29 is 22.7 Å². The summed E-state index contributed by atoms with van der Waals surface area (Å²) in [5.74, 6) is -1.48. The third-order valence-corrected chi connectivity index (χ3v) is 3.27. The van der Waals surface area contributed by atoms with Gasteiger partial charge in [-0.15, -0.1) is 0 Å². The molecular weight excluding hydrogens is 318 g/mol. The molecule has 0 spiro atoms. The zero-order chi connectivity index (χ0) is 17.1. The summed E-state index contributed by atoms with van der Waals surface area (Å²) in [4.78, 5) is 15.8. The second kappa shape index (κ2) is 6.49. The highest BCUT2D eigenvalue weighted by atomic mass is 19.1. The van der Waals surface area contributed by atoms with E-state index in [2.05, 4.69) is 10.3 Å². The minimum Gasteiger partial charge on any atom is -0.465 e. The number of rotatable bonds is 4. The molecule has 0 bridgehead atoms. The van der Waals surface area contributed by atoms with Crippen molar-refractivity contribution in [2.24, 2.45) is 0 Å². The maximum absolute atomic E-state index is 13.6. The van der Waals surface area contributed by atoms with Gasteiger partial charge >= 0.3 is 5.97 Å². The molecule has 0 aliphatic rings. The van der Waals surface area contributed by atoms with E-state index in [4.69, 9.17) is 9.15 Å². The number of ether oxygens (including phenoxy) is 1. The lowest BCUT2D eigenvalue weighted by molar-refractivity contribution is 0.0601. The fourth-order valence-corrected chi connectivity index (χ4v) is 2.15.